The van der Waals surface area contributed by atoms with Crippen molar-refractivity contribution in [2.75, 3.05) is 23.8 Å². The first kappa shape index (κ1) is 23.1. The number of hydrogen-bond donors (Lipinski definition) is 2. The minimum Gasteiger partial charge on any atom is -0.494 e. The van der Waals surface area contributed by atoms with E-state index in [9.17, 15) is 14.4 Å². The zero-order chi connectivity index (χ0) is 23.3. The van der Waals surface area contributed by atoms with Gasteiger partial charge >= 0.3 is 0 Å². The molecule has 1 heterocycles. The van der Waals surface area contributed by atoms with Crippen LogP contribution in [0.15, 0.2) is 54.2 Å². The Balaban J connectivity index is 1.98. The van der Waals surface area contributed by atoms with E-state index in [-0.39, 0.29) is 29.3 Å². The minimum absolute atomic E-state index is 0.136. The van der Waals surface area contributed by atoms with Crippen molar-refractivity contribution in [1.29, 1.82) is 0 Å². The number of nitrogens with zero attached hydrogens (tertiary/aromatic N) is 1. The summed E-state index contributed by atoms with van der Waals surface area (Å²) >= 11 is 0. The van der Waals surface area contributed by atoms with Crippen LogP contribution in [0.25, 0.3) is 5.57 Å². The van der Waals surface area contributed by atoms with Gasteiger partial charge in [-0.3, -0.25) is 19.3 Å². The van der Waals surface area contributed by atoms with Gasteiger partial charge in [-0.15, -0.1) is 0 Å². The second-order valence-corrected chi connectivity index (χ2v) is 8.12. The van der Waals surface area contributed by atoms with E-state index in [0.717, 1.165) is 6.42 Å². The van der Waals surface area contributed by atoms with Gasteiger partial charge in [-0.05, 0) is 42.2 Å². The van der Waals surface area contributed by atoms with Crippen LogP contribution in [0.2, 0.25) is 0 Å². The molecule has 0 aliphatic carbocycles. The lowest BCUT2D eigenvalue weighted by Gasteiger charge is -2.17. The molecule has 168 valence electrons. The molecule has 3 amide bonds. The Hall–Kier alpha value is -3.61. The van der Waals surface area contributed by atoms with Gasteiger partial charge in [0.2, 0.25) is 5.91 Å². The van der Waals surface area contributed by atoms with Gasteiger partial charge in [-0.1, -0.05) is 39.0 Å². The molecule has 0 unspecified atom stereocenters. The second-order valence-electron chi connectivity index (χ2n) is 8.12. The topological polar surface area (TPSA) is 87.7 Å². The lowest BCUT2D eigenvalue weighted by Crippen LogP contribution is -2.35. The number of benzene rings is 2. The first-order valence-corrected chi connectivity index (χ1v) is 10.8. The largest absolute Gasteiger partial charge is 0.494 e. The third-order valence-corrected chi connectivity index (χ3v) is 4.79. The highest BCUT2D eigenvalue weighted by Gasteiger charge is 2.39. The maximum absolute atomic E-state index is 13.2. The molecule has 2 aromatic rings. The van der Waals surface area contributed by atoms with Crippen LogP contribution in [0.5, 0.6) is 5.75 Å². The highest BCUT2D eigenvalue weighted by molar-refractivity contribution is 6.36. The number of rotatable bonds is 9. The first-order valence-electron chi connectivity index (χ1n) is 10.8. The smallest absolute Gasteiger partial charge is 0.278 e. The monoisotopic (exact) mass is 435 g/mol. The zero-order valence-corrected chi connectivity index (χ0v) is 18.9. The predicted molar refractivity (Wildman–Crippen MR) is 125 cm³/mol. The summed E-state index contributed by atoms with van der Waals surface area (Å²) in [4.78, 5) is 39.0. The lowest BCUT2D eigenvalue weighted by molar-refractivity contribution is -0.137. The Labute approximate surface area is 188 Å². The summed E-state index contributed by atoms with van der Waals surface area (Å²) in [7, 11) is 0. The van der Waals surface area contributed by atoms with Gasteiger partial charge in [-0.2, -0.15) is 0 Å². The van der Waals surface area contributed by atoms with E-state index in [2.05, 4.69) is 10.6 Å². The van der Waals surface area contributed by atoms with E-state index in [1.54, 1.807) is 24.3 Å². The van der Waals surface area contributed by atoms with E-state index >= 15 is 0 Å². The number of amides is 3. The summed E-state index contributed by atoms with van der Waals surface area (Å²) in [6.45, 7) is 8.31. The SMILES string of the molecule is CCCOc1cccc(NC2=C(c3ccc(NC(C)=O)cc3)C(=O)N(CC(C)C)C2=O)c1. The van der Waals surface area contributed by atoms with Crippen LogP contribution in [0.4, 0.5) is 11.4 Å². The van der Waals surface area contributed by atoms with Crippen LogP contribution in [0.3, 0.4) is 0 Å². The molecule has 0 fully saturated rings. The molecule has 1 aliphatic rings. The van der Waals surface area contributed by atoms with Gasteiger partial charge in [0.25, 0.3) is 11.8 Å². The van der Waals surface area contributed by atoms with E-state index in [1.807, 2.05) is 45.0 Å². The standard InChI is InChI=1S/C25H29N3O4/c1-5-13-32-21-8-6-7-20(14-21)27-23-22(24(30)28(25(23)31)15-16(2)3)18-9-11-19(12-10-18)26-17(4)29/h6-12,14,16,27H,5,13,15H2,1-4H3,(H,26,29). The number of ether oxygens (including phenoxy) is 1. The second kappa shape index (κ2) is 10.1. The third kappa shape index (κ3) is 5.35. The highest BCUT2D eigenvalue weighted by atomic mass is 16.5. The van der Waals surface area contributed by atoms with Gasteiger partial charge in [0.1, 0.15) is 11.4 Å². The van der Waals surface area contributed by atoms with Crippen molar-refractivity contribution >= 4 is 34.7 Å². The number of imide groups is 1. The van der Waals surface area contributed by atoms with E-state index in [4.69, 9.17) is 4.74 Å². The van der Waals surface area contributed by atoms with Crippen molar-refractivity contribution in [3.63, 3.8) is 0 Å². The average Bonchev–Trinajstić information content (AvgIpc) is 2.97. The fraction of sp³-hybridized carbons (Fsp3) is 0.320. The number of carbonyl (C=O) groups is 3. The fourth-order valence-corrected chi connectivity index (χ4v) is 3.44. The van der Waals surface area contributed by atoms with Gasteiger partial charge in [-0.25, -0.2) is 0 Å². The van der Waals surface area contributed by atoms with Crippen molar-refractivity contribution in [3.05, 3.63) is 59.8 Å². The molecule has 1 aliphatic heterocycles. The van der Waals surface area contributed by atoms with Gasteiger partial charge in [0.05, 0.1) is 12.2 Å². The molecule has 7 heteroatoms. The first-order chi connectivity index (χ1) is 15.3. The van der Waals surface area contributed by atoms with Crippen LogP contribution in [0.1, 0.15) is 39.7 Å². The van der Waals surface area contributed by atoms with Crippen LogP contribution >= 0.6 is 0 Å². The molecule has 0 radical (unpaired) electrons. The van der Waals surface area contributed by atoms with Gasteiger partial charge < -0.3 is 15.4 Å². The van der Waals surface area contributed by atoms with Crippen molar-refractivity contribution in [3.8, 4) is 5.75 Å². The summed E-state index contributed by atoms with van der Waals surface area (Å²) in [6, 6.07) is 14.2. The van der Waals surface area contributed by atoms with E-state index in [1.165, 1.54) is 11.8 Å². The molecule has 0 saturated carbocycles. The Morgan fingerprint density at radius 2 is 1.75 bits per heavy atom. The van der Waals surface area contributed by atoms with Gasteiger partial charge in [0, 0.05) is 30.9 Å². The molecule has 32 heavy (non-hydrogen) atoms. The molecular formula is C25H29N3O4. The molecular weight excluding hydrogens is 406 g/mol. The van der Waals surface area contributed by atoms with Crippen molar-refractivity contribution in [1.82, 2.24) is 4.90 Å². The summed E-state index contributed by atoms with van der Waals surface area (Å²) in [5.74, 6) is -0.0491. The molecule has 2 aromatic carbocycles. The van der Waals surface area contributed by atoms with Crippen molar-refractivity contribution in [2.45, 2.75) is 34.1 Å². The van der Waals surface area contributed by atoms with Crippen LogP contribution in [-0.2, 0) is 14.4 Å². The molecule has 0 bridgehead atoms. The quantitative estimate of drug-likeness (QED) is 0.574. The summed E-state index contributed by atoms with van der Waals surface area (Å²) in [6.07, 6.45) is 0.887. The summed E-state index contributed by atoms with van der Waals surface area (Å²) < 4.78 is 5.69. The van der Waals surface area contributed by atoms with Gasteiger partial charge in [0.15, 0.2) is 0 Å². The van der Waals surface area contributed by atoms with Crippen LogP contribution < -0.4 is 15.4 Å². The summed E-state index contributed by atoms with van der Waals surface area (Å²) in [5, 5.41) is 5.86. The maximum Gasteiger partial charge on any atom is 0.278 e. The normalized spacial score (nSPS) is 13.7. The fourth-order valence-electron chi connectivity index (χ4n) is 3.44. The summed E-state index contributed by atoms with van der Waals surface area (Å²) in [5.41, 5.74) is 2.42. The Morgan fingerprint density at radius 1 is 1.03 bits per heavy atom. The van der Waals surface area contributed by atoms with Crippen molar-refractivity contribution in [2.24, 2.45) is 5.92 Å². The van der Waals surface area contributed by atoms with Crippen LogP contribution in [-0.4, -0.2) is 35.8 Å². The Kier molecular flexibility index (Phi) is 7.30. The molecule has 3 rings (SSSR count). The Bertz CT molecular complexity index is 1040. The Morgan fingerprint density at radius 3 is 2.38 bits per heavy atom. The molecule has 0 saturated heterocycles. The molecule has 0 atom stereocenters. The average molecular weight is 436 g/mol. The number of nitrogens with one attached hydrogen (secondary N) is 2. The lowest BCUT2D eigenvalue weighted by atomic mass is 10.0. The van der Waals surface area contributed by atoms with E-state index in [0.29, 0.717) is 41.4 Å². The number of carbonyl (C=O) groups excluding carboxylic acids is 3. The predicted octanol–water partition coefficient (Wildman–Crippen LogP) is 4.28. The third-order valence-electron chi connectivity index (χ3n) is 4.79. The minimum atomic E-state index is -0.357. The van der Waals surface area contributed by atoms with E-state index < -0.39 is 0 Å². The molecule has 0 aromatic heterocycles. The van der Waals surface area contributed by atoms with Crippen molar-refractivity contribution < 1.29 is 19.1 Å². The molecule has 7 nitrogen and oxygen atoms in total. The number of hydrogen-bond acceptors (Lipinski definition) is 5. The highest BCUT2D eigenvalue weighted by Crippen LogP contribution is 2.32. The zero-order valence-electron chi connectivity index (χ0n) is 18.9. The molecule has 0 spiro atoms. The maximum atomic E-state index is 13.2. The number of anilines is 2. The molecule has 2 N–H and O–H groups in total. The van der Waals surface area contributed by atoms with Crippen LogP contribution in [0, 0.1) is 5.92 Å².